The minimum absolute atomic E-state index is 0.0968. The predicted molar refractivity (Wildman–Crippen MR) is 100 cm³/mol. The van der Waals surface area contributed by atoms with Crippen molar-refractivity contribution < 1.29 is 19.4 Å². The molecule has 0 radical (unpaired) electrons. The molecule has 3 aromatic carbocycles. The minimum atomic E-state index is -0.377. The standard InChI is InChI=1S/C20H18N2O4/c1-25-16-9-5-13-6-10-19(26-2)18(17(13)11-16)12-21-22-20(24)14-3-7-15(23)8-4-14/h3-12,23H,1-2H3,(H,22,24)/b21-12-. The molecule has 3 aromatic rings. The minimum Gasteiger partial charge on any atom is -0.508 e. The highest BCUT2D eigenvalue weighted by molar-refractivity contribution is 6.03. The molecule has 26 heavy (non-hydrogen) atoms. The third kappa shape index (κ3) is 3.59. The quantitative estimate of drug-likeness (QED) is 0.546. The van der Waals surface area contributed by atoms with Crippen LogP contribution in [-0.4, -0.2) is 31.4 Å². The molecule has 0 spiro atoms. The monoisotopic (exact) mass is 350 g/mol. The number of carbonyl (C=O) groups is 1. The molecule has 0 atom stereocenters. The zero-order valence-corrected chi connectivity index (χ0v) is 14.4. The van der Waals surface area contributed by atoms with Gasteiger partial charge in [0.15, 0.2) is 0 Å². The fourth-order valence-corrected chi connectivity index (χ4v) is 2.57. The van der Waals surface area contributed by atoms with Crippen LogP contribution in [0, 0.1) is 0 Å². The number of amides is 1. The van der Waals surface area contributed by atoms with Gasteiger partial charge in [0.1, 0.15) is 17.2 Å². The summed E-state index contributed by atoms with van der Waals surface area (Å²) in [5.74, 6) is 1.07. The summed E-state index contributed by atoms with van der Waals surface area (Å²) in [6.45, 7) is 0. The van der Waals surface area contributed by atoms with Gasteiger partial charge in [0.2, 0.25) is 0 Å². The number of carbonyl (C=O) groups excluding carboxylic acids is 1. The van der Waals surface area contributed by atoms with Crippen LogP contribution in [0.5, 0.6) is 17.2 Å². The maximum absolute atomic E-state index is 12.1. The van der Waals surface area contributed by atoms with Gasteiger partial charge in [-0.25, -0.2) is 5.43 Å². The van der Waals surface area contributed by atoms with E-state index >= 15 is 0 Å². The Morgan fingerprint density at radius 3 is 2.46 bits per heavy atom. The molecule has 6 heteroatoms. The molecule has 0 aliphatic rings. The van der Waals surface area contributed by atoms with Gasteiger partial charge in [-0.15, -0.1) is 0 Å². The number of ether oxygens (including phenoxy) is 2. The Hall–Kier alpha value is -3.54. The van der Waals surface area contributed by atoms with Crippen LogP contribution < -0.4 is 14.9 Å². The lowest BCUT2D eigenvalue weighted by atomic mass is 10.0. The van der Waals surface area contributed by atoms with Crippen molar-refractivity contribution in [1.29, 1.82) is 0 Å². The summed E-state index contributed by atoms with van der Waals surface area (Å²) in [5, 5.41) is 15.2. The Labute approximate surface area is 150 Å². The zero-order valence-electron chi connectivity index (χ0n) is 14.4. The third-order valence-electron chi connectivity index (χ3n) is 3.94. The first-order valence-corrected chi connectivity index (χ1v) is 7.89. The Kier molecular flexibility index (Phi) is 5.03. The van der Waals surface area contributed by atoms with Crippen LogP contribution in [0.1, 0.15) is 15.9 Å². The van der Waals surface area contributed by atoms with Crippen molar-refractivity contribution in [1.82, 2.24) is 5.43 Å². The first kappa shape index (κ1) is 17.3. The summed E-state index contributed by atoms with van der Waals surface area (Å²) in [5.41, 5.74) is 3.60. The molecule has 0 saturated carbocycles. The molecule has 0 fully saturated rings. The smallest absolute Gasteiger partial charge is 0.271 e. The highest BCUT2D eigenvalue weighted by Crippen LogP contribution is 2.29. The molecule has 0 saturated heterocycles. The number of benzene rings is 3. The molecule has 0 aromatic heterocycles. The van der Waals surface area contributed by atoms with E-state index in [4.69, 9.17) is 9.47 Å². The number of hydrazone groups is 1. The van der Waals surface area contributed by atoms with Crippen LogP contribution in [0.2, 0.25) is 0 Å². The Bertz CT molecular complexity index is 960. The normalized spacial score (nSPS) is 10.8. The molecule has 0 aliphatic heterocycles. The Balaban J connectivity index is 1.90. The van der Waals surface area contributed by atoms with E-state index in [0.717, 1.165) is 16.3 Å². The van der Waals surface area contributed by atoms with Gasteiger partial charge in [-0.2, -0.15) is 5.10 Å². The third-order valence-corrected chi connectivity index (χ3v) is 3.94. The van der Waals surface area contributed by atoms with Crippen LogP contribution in [0.15, 0.2) is 59.7 Å². The second-order valence-corrected chi connectivity index (χ2v) is 5.51. The number of fused-ring (bicyclic) bond motifs is 1. The van der Waals surface area contributed by atoms with Gasteiger partial charge in [0.05, 0.1) is 20.4 Å². The summed E-state index contributed by atoms with van der Waals surface area (Å²) in [6.07, 6.45) is 1.54. The van der Waals surface area contributed by atoms with E-state index < -0.39 is 0 Å². The summed E-state index contributed by atoms with van der Waals surface area (Å²) < 4.78 is 10.7. The predicted octanol–water partition coefficient (Wildman–Crippen LogP) is 3.33. The maximum atomic E-state index is 12.1. The van der Waals surface area contributed by atoms with Crippen molar-refractivity contribution in [2.45, 2.75) is 0 Å². The number of nitrogens with one attached hydrogen (secondary N) is 1. The van der Waals surface area contributed by atoms with Crippen molar-refractivity contribution in [3.05, 3.63) is 65.7 Å². The number of phenolic OH excluding ortho intramolecular Hbond substituents is 1. The zero-order chi connectivity index (χ0) is 18.5. The summed E-state index contributed by atoms with van der Waals surface area (Å²) >= 11 is 0. The van der Waals surface area contributed by atoms with E-state index in [9.17, 15) is 9.90 Å². The number of rotatable bonds is 5. The molecule has 6 nitrogen and oxygen atoms in total. The average Bonchev–Trinajstić information content (AvgIpc) is 2.68. The molecule has 3 rings (SSSR count). The van der Waals surface area contributed by atoms with E-state index in [-0.39, 0.29) is 11.7 Å². The number of aromatic hydroxyl groups is 1. The molecule has 0 heterocycles. The van der Waals surface area contributed by atoms with Gasteiger partial charge >= 0.3 is 0 Å². The van der Waals surface area contributed by atoms with Gasteiger partial charge in [-0.1, -0.05) is 12.1 Å². The van der Waals surface area contributed by atoms with E-state index in [2.05, 4.69) is 10.5 Å². The Morgan fingerprint density at radius 1 is 1.04 bits per heavy atom. The first-order valence-electron chi connectivity index (χ1n) is 7.89. The molecule has 0 aliphatic carbocycles. The lowest BCUT2D eigenvalue weighted by Crippen LogP contribution is -2.17. The summed E-state index contributed by atoms with van der Waals surface area (Å²) in [4.78, 5) is 12.1. The average molecular weight is 350 g/mol. The van der Waals surface area contributed by atoms with Crippen LogP contribution in [0.4, 0.5) is 0 Å². The highest BCUT2D eigenvalue weighted by atomic mass is 16.5. The maximum Gasteiger partial charge on any atom is 0.271 e. The molecule has 0 bridgehead atoms. The SMILES string of the molecule is COc1ccc2ccc(OC)c(/C=N\NC(=O)c3ccc(O)cc3)c2c1. The van der Waals surface area contributed by atoms with E-state index in [0.29, 0.717) is 17.1 Å². The molecular formula is C20H18N2O4. The number of phenols is 1. The second kappa shape index (κ2) is 7.57. The second-order valence-electron chi connectivity index (χ2n) is 5.51. The molecule has 1 amide bonds. The topological polar surface area (TPSA) is 80.2 Å². The lowest BCUT2D eigenvalue weighted by molar-refractivity contribution is 0.0955. The van der Waals surface area contributed by atoms with E-state index in [1.807, 2.05) is 30.3 Å². The molecule has 2 N–H and O–H groups in total. The van der Waals surface area contributed by atoms with Gasteiger partial charge in [0.25, 0.3) is 5.91 Å². The number of methoxy groups -OCH3 is 2. The van der Waals surface area contributed by atoms with Crippen molar-refractivity contribution >= 4 is 22.9 Å². The summed E-state index contributed by atoms with van der Waals surface area (Å²) in [6, 6.07) is 15.4. The fraction of sp³-hybridized carbons (Fsp3) is 0.100. The van der Waals surface area contributed by atoms with Crippen molar-refractivity contribution in [2.75, 3.05) is 14.2 Å². The Morgan fingerprint density at radius 2 is 1.77 bits per heavy atom. The fourth-order valence-electron chi connectivity index (χ4n) is 2.57. The molecule has 132 valence electrons. The van der Waals surface area contributed by atoms with E-state index in [1.165, 1.54) is 24.3 Å². The number of hydrogen-bond acceptors (Lipinski definition) is 5. The molecular weight excluding hydrogens is 332 g/mol. The van der Waals surface area contributed by atoms with Gasteiger partial charge in [-0.05, 0) is 53.2 Å². The van der Waals surface area contributed by atoms with Crippen LogP contribution >= 0.6 is 0 Å². The van der Waals surface area contributed by atoms with Crippen LogP contribution in [-0.2, 0) is 0 Å². The first-order chi connectivity index (χ1) is 12.6. The highest BCUT2D eigenvalue weighted by Gasteiger charge is 2.09. The largest absolute Gasteiger partial charge is 0.508 e. The van der Waals surface area contributed by atoms with Gasteiger partial charge in [0, 0.05) is 11.1 Å². The summed E-state index contributed by atoms with van der Waals surface area (Å²) in [7, 11) is 3.18. The number of nitrogens with zero attached hydrogens (tertiary/aromatic N) is 1. The van der Waals surface area contributed by atoms with Crippen molar-refractivity contribution in [3.63, 3.8) is 0 Å². The van der Waals surface area contributed by atoms with Crippen LogP contribution in [0.25, 0.3) is 10.8 Å². The number of hydrogen-bond donors (Lipinski definition) is 2. The van der Waals surface area contributed by atoms with Crippen LogP contribution in [0.3, 0.4) is 0 Å². The van der Waals surface area contributed by atoms with E-state index in [1.54, 1.807) is 20.4 Å². The lowest BCUT2D eigenvalue weighted by Gasteiger charge is -2.10. The van der Waals surface area contributed by atoms with Crippen molar-refractivity contribution in [3.8, 4) is 17.2 Å². The van der Waals surface area contributed by atoms with Crippen molar-refractivity contribution in [2.24, 2.45) is 5.10 Å². The molecule has 0 unspecified atom stereocenters. The van der Waals surface area contributed by atoms with Gasteiger partial charge < -0.3 is 14.6 Å². The van der Waals surface area contributed by atoms with Gasteiger partial charge in [-0.3, -0.25) is 4.79 Å².